The fourth-order valence-corrected chi connectivity index (χ4v) is 2.82. The van der Waals surface area contributed by atoms with E-state index in [4.69, 9.17) is 32.7 Å². The summed E-state index contributed by atoms with van der Waals surface area (Å²) in [6.07, 6.45) is 2.64. The predicted octanol–water partition coefficient (Wildman–Crippen LogP) is 4.08. The fourth-order valence-electron chi connectivity index (χ4n) is 2.18. The molecule has 2 rings (SSSR count). The van der Waals surface area contributed by atoms with Crippen molar-refractivity contribution < 1.29 is 9.47 Å². The number of hydrogen-bond donors (Lipinski definition) is 1. The van der Waals surface area contributed by atoms with E-state index in [9.17, 15) is 0 Å². The molecule has 1 unspecified atom stereocenters. The van der Waals surface area contributed by atoms with Crippen LogP contribution in [-0.4, -0.2) is 25.9 Å². The van der Waals surface area contributed by atoms with Gasteiger partial charge in [0.15, 0.2) is 5.75 Å². The maximum absolute atomic E-state index is 6.16. The highest BCUT2D eigenvalue weighted by atomic mass is 35.5. The average Bonchev–Trinajstić information content (AvgIpc) is 2.87. The molecule has 1 aromatic rings. The minimum atomic E-state index is 0. The summed E-state index contributed by atoms with van der Waals surface area (Å²) in [6.45, 7) is 4.93. The molecule has 1 heterocycles. The molecule has 0 amide bonds. The normalized spacial score (nSPS) is 17.9. The van der Waals surface area contributed by atoms with Crippen LogP contribution in [0.5, 0.6) is 5.75 Å². The van der Waals surface area contributed by atoms with Crippen molar-refractivity contribution in [1.29, 1.82) is 0 Å². The summed E-state index contributed by atoms with van der Waals surface area (Å²) in [4.78, 5) is 0. The van der Waals surface area contributed by atoms with Crippen molar-refractivity contribution in [3.8, 4) is 5.75 Å². The number of benzene rings is 1. The Morgan fingerprint density at radius 2 is 2.05 bits per heavy atom. The van der Waals surface area contributed by atoms with Gasteiger partial charge in [-0.15, -0.1) is 12.4 Å². The topological polar surface area (TPSA) is 30.5 Å². The van der Waals surface area contributed by atoms with Crippen molar-refractivity contribution in [3.63, 3.8) is 0 Å². The van der Waals surface area contributed by atoms with Crippen molar-refractivity contribution in [2.45, 2.75) is 32.4 Å². The lowest BCUT2D eigenvalue weighted by molar-refractivity contribution is 0.110. The van der Waals surface area contributed by atoms with Crippen LogP contribution < -0.4 is 10.1 Å². The Labute approximate surface area is 136 Å². The summed E-state index contributed by atoms with van der Waals surface area (Å²) in [5.74, 6) is 0.564. The first-order valence-corrected chi connectivity index (χ1v) is 7.39. The molecule has 1 saturated heterocycles. The van der Waals surface area contributed by atoms with Gasteiger partial charge in [0.2, 0.25) is 0 Å². The van der Waals surface area contributed by atoms with Gasteiger partial charge in [-0.1, -0.05) is 23.2 Å². The third-order valence-electron chi connectivity index (χ3n) is 3.07. The van der Waals surface area contributed by atoms with Crippen molar-refractivity contribution >= 4 is 35.6 Å². The first-order chi connectivity index (χ1) is 9.20. The highest BCUT2D eigenvalue weighted by molar-refractivity contribution is 6.37. The van der Waals surface area contributed by atoms with Crippen molar-refractivity contribution in [2.24, 2.45) is 0 Å². The van der Waals surface area contributed by atoms with Gasteiger partial charge in [-0.3, -0.25) is 0 Å². The molecule has 20 heavy (non-hydrogen) atoms. The highest BCUT2D eigenvalue weighted by Gasteiger charge is 2.15. The quantitative estimate of drug-likeness (QED) is 0.846. The molecule has 1 aliphatic heterocycles. The van der Waals surface area contributed by atoms with Gasteiger partial charge in [0, 0.05) is 19.7 Å². The molecule has 6 heteroatoms. The Morgan fingerprint density at radius 3 is 2.60 bits per heavy atom. The lowest BCUT2D eigenvalue weighted by atomic mass is 10.2. The van der Waals surface area contributed by atoms with Gasteiger partial charge in [0.05, 0.1) is 22.8 Å². The number of nitrogens with one attached hydrogen (secondary N) is 1. The molecule has 1 aromatic carbocycles. The molecule has 0 aliphatic carbocycles. The van der Waals surface area contributed by atoms with Crippen molar-refractivity contribution in [1.82, 2.24) is 5.32 Å². The first kappa shape index (κ1) is 17.9. The maximum atomic E-state index is 6.16. The Morgan fingerprint density at radius 1 is 1.35 bits per heavy atom. The van der Waals surface area contributed by atoms with Crippen LogP contribution in [0.1, 0.15) is 25.3 Å². The molecule has 0 saturated carbocycles. The molecule has 1 atom stereocenters. The van der Waals surface area contributed by atoms with Gasteiger partial charge >= 0.3 is 0 Å². The first-order valence-electron chi connectivity index (χ1n) is 6.63. The summed E-state index contributed by atoms with van der Waals surface area (Å²) in [5.41, 5.74) is 1.05. The van der Waals surface area contributed by atoms with Crippen LogP contribution in [0.3, 0.4) is 0 Å². The van der Waals surface area contributed by atoms with Crippen LogP contribution in [0.15, 0.2) is 12.1 Å². The largest absolute Gasteiger partial charge is 0.491 e. The standard InChI is InChI=1S/C14H19Cl2NO2.ClH/c1-2-18-14-12(15)6-10(7-13(14)16)8-17-9-11-4-3-5-19-11;/h6-7,11,17H,2-5,8-9H2,1H3;1H. The zero-order valence-electron chi connectivity index (χ0n) is 11.5. The Balaban J connectivity index is 0.00000200. The van der Waals surface area contributed by atoms with Crippen LogP contribution in [0.2, 0.25) is 10.0 Å². The summed E-state index contributed by atoms with van der Waals surface area (Å²) >= 11 is 12.3. The van der Waals surface area contributed by atoms with Gasteiger partial charge in [-0.05, 0) is 37.5 Å². The summed E-state index contributed by atoms with van der Waals surface area (Å²) in [7, 11) is 0. The molecule has 0 aromatic heterocycles. The molecule has 0 spiro atoms. The van der Waals surface area contributed by atoms with Crippen LogP contribution >= 0.6 is 35.6 Å². The highest BCUT2D eigenvalue weighted by Crippen LogP contribution is 2.34. The number of rotatable bonds is 6. The molecule has 1 fully saturated rings. The molecular weight excluding hydrogens is 321 g/mol. The van der Waals surface area contributed by atoms with E-state index in [2.05, 4.69) is 5.32 Å². The Hall–Kier alpha value is -0.190. The lowest BCUT2D eigenvalue weighted by Gasteiger charge is -2.13. The fraction of sp³-hybridized carbons (Fsp3) is 0.571. The van der Waals surface area contributed by atoms with E-state index >= 15 is 0 Å². The predicted molar refractivity (Wildman–Crippen MR) is 85.6 cm³/mol. The van der Waals surface area contributed by atoms with Gasteiger partial charge in [0.1, 0.15) is 0 Å². The SMILES string of the molecule is CCOc1c(Cl)cc(CNCC2CCCO2)cc1Cl.Cl. The number of hydrogen-bond acceptors (Lipinski definition) is 3. The van der Waals surface area contributed by atoms with Gasteiger partial charge in [-0.2, -0.15) is 0 Å². The summed E-state index contributed by atoms with van der Waals surface area (Å²) < 4.78 is 11.0. The van der Waals surface area contributed by atoms with E-state index in [0.717, 1.165) is 38.1 Å². The summed E-state index contributed by atoms with van der Waals surface area (Å²) in [6, 6.07) is 3.78. The summed E-state index contributed by atoms with van der Waals surface area (Å²) in [5, 5.41) is 4.48. The van der Waals surface area contributed by atoms with Crippen LogP contribution in [0.25, 0.3) is 0 Å². The average molecular weight is 341 g/mol. The second-order valence-electron chi connectivity index (χ2n) is 4.59. The zero-order chi connectivity index (χ0) is 13.7. The van der Waals surface area contributed by atoms with E-state index in [1.54, 1.807) is 0 Å². The van der Waals surface area contributed by atoms with E-state index < -0.39 is 0 Å². The molecule has 0 radical (unpaired) electrons. The molecule has 0 bridgehead atoms. The van der Waals surface area contributed by atoms with Crippen LogP contribution in [0, 0.1) is 0 Å². The molecule has 114 valence electrons. The van der Waals surface area contributed by atoms with Crippen molar-refractivity contribution in [2.75, 3.05) is 19.8 Å². The zero-order valence-corrected chi connectivity index (χ0v) is 13.8. The maximum Gasteiger partial charge on any atom is 0.156 e. The number of halogens is 3. The second-order valence-corrected chi connectivity index (χ2v) is 5.40. The van der Waals surface area contributed by atoms with E-state index in [-0.39, 0.29) is 12.4 Å². The number of ether oxygens (including phenoxy) is 2. The molecule has 3 nitrogen and oxygen atoms in total. The molecular formula is C14H20Cl3NO2. The second kappa shape index (κ2) is 8.96. The third-order valence-corrected chi connectivity index (χ3v) is 3.63. The van der Waals surface area contributed by atoms with E-state index in [0.29, 0.717) is 28.5 Å². The van der Waals surface area contributed by atoms with Crippen molar-refractivity contribution in [3.05, 3.63) is 27.7 Å². The Kier molecular flexibility index (Phi) is 8.00. The third kappa shape index (κ3) is 4.97. The van der Waals surface area contributed by atoms with Crippen LogP contribution in [-0.2, 0) is 11.3 Å². The Bertz CT molecular complexity index is 400. The smallest absolute Gasteiger partial charge is 0.156 e. The van der Waals surface area contributed by atoms with E-state index in [1.165, 1.54) is 0 Å². The minimum Gasteiger partial charge on any atom is -0.491 e. The van der Waals surface area contributed by atoms with Gasteiger partial charge in [0.25, 0.3) is 0 Å². The van der Waals surface area contributed by atoms with E-state index in [1.807, 2.05) is 19.1 Å². The van der Waals surface area contributed by atoms with Gasteiger partial charge in [-0.25, -0.2) is 0 Å². The molecule has 1 aliphatic rings. The lowest BCUT2D eigenvalue weighted by Crippen LogP contribution is -2.25. The van der Waals surface area contributed by atoms with Crippen LogP contribution in [0.4, 0.5) is 0 Å². The molecule has 1 N–H and O–H groups in total. The van der Waals surface area contributed by atoms with Gasteiger partial charge < -0.3 is 14.8 Å². The minimum absolute atomic E-state index is 0. The monoisotopic (exact) mass is 339 g/mol.